The van der Waals surface area contributed by atoms with Crippen LogP contribution in [-0.4, -0.2) is 24.4 Å². The lowest BCUT2D eigenvalue weighted by Gasteiger charge is -2.11. The molecule has 2 amide bonds. The van der Waals surface area contributed by atoms with Crippen LogP contribution in [0.1, 0.15) is 27.2 Å². The van der Waals surface area contributed by atoms with Crippen LogP contribution in [0.3, 0.4) is 0 Å². The molecule has 0 fully saturated rings. The molecule has 3 aromatic rings. The zero-order valence-electron chi connectivity index (χ0n) is 17.0. The van der Waals surface area contributed by atoms with Gasteiger partial charge in [-0.3, -0.25) is 9.59 Å². The number of furan rings is 1. The third-order valence-corrected chi connectivity index (χ3v) is 4.29. The van der Waals surface area contributed by atoms with E-state index in [1.54, 1.807) is 36.4 Å². The molecule has 0 saturated heterocycles. The maximum absolute atomic E-state index is 12.6. The molecule has 0 bridgehead atoms. The van der Waals surface area contributed by atoms with Crippen LogP contribution >= 0.6 is 0 Å². The van der Waals surface area contributed by atoms with Gasteiger partial charge in [0.15, 0.2) is 6.61 Å². The highest BCUT2D eigenvalue weighted by Gasteiger charge is 2.14. The zero-order valence-corrected chi connectivity index (χ0v) is 17.0. The average molecular weight is 418 g/mol. The first kappa shape index (κ1) is 21.6. The fourth-order valence-corrected chi connectivity index (χ4v) is 2.68. The fraction of sp³-hybridized carbons (Fsp3) is 0.125. The minimum atomic E-state index is -0.685. The lowest BCUT2D eigenvalue weighted by atomic mass is 10.1. The molecule has 0 aliphatic heterocycles. The van der Waals surface area contributed by atoms with Crippen molar-refractivity contribution in [2.24, 2.45) is 0 Å². The summed E-state index contributed by atoms with van der Waals surface area (Å²) in [4.78, 5) is 36.5. The highest BCUT2D eigenvalue weighted by Crippen LogP contribution is 2.15. The van der Waals surface area contributed by atoms with Crippen molar-refractivity contribution in [1.82, 2.24) is 5.32 Å². The van der Waals surface area contributed by atoms with E-state index in [1.165, 1.54) is 18.4 Å². The number of hydrogen-bond donors (Lipinski definition) is 2. The van der Waals surface area contributed by atoms with Gasteiger partial charge in [0.2, 0.25) is 0 Å². The predicted molar refractivity (Wildman–Crippen MR) is 116 cm³/mol. The average Bonchev–Trinajstić information content (AvgIpc) is 3.30. The van der Waals surface area contributed by atoms with Crippen LogP contribution in [0.15, 0.2) is 77.4 Å². The molecule has 1 aromatic heterocycles. The Morgan fingerprint density at radius 2 is 1.77 bits per heavy atom. The minimum absolute atomic E-state index is 0.312. The molecule has 1 heterocycles. The number of ether oxygens (including phenoxy) is 1. The summed E-state index contributed by atoms with van der Waals surface area (Å²) < 4.78 is 9.98. The number of benzene rings is 2. The molecule has 0 radical (unpaired) electrons. The molecule has 0 unspecified atom stereocenters. The van der Waals surface area contributed by atoms with Crippen LogP contribution in [0.5, 0.6) is 0 Å². The zero-order chi connectivity index (χ0) is 22.1. The Hall–Kier alpha value is -4.13. The Labute approximate surface area is 179 Å². The number of anilines is 1. The number of hydrogen-bond acceptors (Lipinski definition) is 5. The third-order valence-electron chi connectivity index (χ3n) is 4.29. The van der Waals surface area contributed by atoms with Crippen LogP contribution in [0.2, 0.25) is 0 Å². The van der Waals surface area contributed by atoms with E-state index in [-0.39, 0.29) is 5.91 Å². The SMILES string of the molecule is Cc1ccc(CNC(=O)c2ccccc2NC(=O)COC(=O)/C=C/c2ccco2)cc1. The second-order valence-corrected chi connectivity index (χ2v) is 6.72. The largest absolute Gasteiger partial charge is 0.465 e. The summed E-state index contributed by atoms with van der Waals surface area (Å²) in [5.74, 6) is -1.07. The van der Waals surface area contributed by atoms with Gasteiger partial charge in [0.25, 0.3) is 11.8 Å². The van der Waals surface area contributed by atoms with E-state index in [1.807, 2.05) is 31.2 Å². The predicted octanol–water partition coefficient (Wildman–Crippen LogP) is 3.71. The smallest absolute Gasteiger partial charge is 0.331 e. The maximum atomic E-state index is 12.6. The van der Waals surface area contributed by atoms with E-state index in [0.29, 0.717) is 23.6 Å². The van der Waals surface area contributed by atoms with Gasteiger partial charge in [0.1, 0.15) is 5.76 Å². The first-order valence-corrected chi connectivity index (χ1v) is 9.62. The molecule has 0 atom stereocenters. The summed E-state index contributed by atoms with van der Waals surface area (Å²) in [6, 6.07) is 17.8. The number of carbonyl (C=O) groups excluding carboxylic acids is 3. The topological polar surface area (TPSA) is 97.6 Å². The van der Waals surface area contributed by atoms with Crippen molar-refractivity contribution < 1.29 is 23.5 Å². The Balaban J connectivity index is 1.53. The van der Waals surface area contributed by atoms with Gasteiger partial charge < -0.3 is 19.8 Å². The fourth-order valence-electron chi connectivity index (χ4n) is 2.68. The van der Waals surface area contributed by atoms with E-state index >= 15 is 0 Å². The van der Waals surface area contributed by atoms with E-state index in [0.717, 1.165) is 11.1 Å². The van der Waals surface area contributed by atoms with Crippen LogP contribution in [0, 0.1) is 6.92 Å². The number of carbonyl (C=O) groups is 3. The summed E-state index contributed by atoms with van der Waals surface area (Å²) in [6.45, 7) is 1.87. The summed E-state index contributed by atoms with van der Waals surface area (Å²) in [5.41, 5.74) is 2.75. The van der Waals surface area contributed by atoms with Crippen LogP contribution in [-0.2, 0) is 20.9 Å². The van der Waals surface area contributed by atoms with Crippen LogP contribution < -0.4 is 10.6 Å². The van der Waals surface area contributed by atoms with Crippen molar-refractivity contribution in [3.05, 3.63) is 95.5 Å². The molecule has 7 nitrogen and oxygen atoms in total. The molecule has 158 valence electrons. The minimum Gasteiger partial charge on any atom is -0.465 e. The first-order valence-electron chi connectivity index (χ1n) is 9.62. The van der Waals surface area contributed by atoms with Crippen molar-refractivity contribution in [1.29, 1.82) is 0 Å². The Morgan fingerprint density at radius 3 is 2.52 bits per heavy atom. The second kappa shape index (κ2) is 10.6. The van der Waals surface area contributed by atoms with Crippen molar-refractivity contribution >= 4 is 29.5 Å². The second-order valence-electron chi connectivity index (χ2n) is 6.72. The number of para-hydroxylation sites is 1. The number of aryl methyl sites for hydroxylation is 1. The van der Waals surface area contributed by atoms with Crippen LogP contribution in [0.4, 0.5) is 5.69 Å². The molecule has 0 aliphatic rings. The van der Waals surface area contributed by atoms with Gasteiger partial charge in [0, 0.05) is 12.6 Å². The van der Waals surface area contributed by atoms with E-state index in [2.05, 4.69) is 10.6 Å². The maximum Gasteiger partial charge on any atom is 0.331 e. The van der Waals surface area contributed by atoms with E-state index in [9.17, 15) is 14.4 Å². The third kappa shape index (κ3) is 6.71. The van der Waals surface area contributed by atoms with Crippen molar-refractivity contribution in [3.8, 4) is 0 Å². The first-order chi connectivity index (χ1) is 15.0. The lowest BCUT2D eigenvalue weighted by molar-refractivity contribution is -0.142. The molecule has 0 aliphatic carbocycles. The molecule has 0 saturated carbocycles. The molecule has 2 aromatic carbocycles. The summed E-state index contributed by atoms with van der Waals surface area (Å²) in [6.07, 6.45) is 4.08. The Kier molecular flexibility index (Phi) is 7.37. The molecular formula is C24H22N2O5. The number of amides is 2. The summed E-state index contributed by atoms with van der Waals surface area (Å²) in [5, 5.41) is 5.44. The van der Waals surface area contributed by atoms with Gasteiger partial charge in [-0.1, -0.05) is 42.0 Å². The molecular weight excluding hydrogens is 396 g/mol. The quantitative estimate of drug-likeness (QED) is 0.429. The number of esters is 1. The lowest BCUT2D eigenvalue weighted by Crippen LogP contribution is -2.26. The summed E-state index contributed by atoms with van der Waals surface area (Å²) in [7, 11) is 0. The van der Waals surface area contributed by atoms with Gasteiger partial charge in [-0.2, -0.15) is 0 Å². The number of rotatable bonds is 8. The molecule has 31 heavy (non-hydrogen) atoms. The van der Waals surface area contributed by atoms with E-state index < -0.39 is 18.5 Å². The van der Waals surface area contributed by atoms with Crippen molar-refractivity contribution in [2.45, 2.75) is 13.5 Å². The Bertz CT molecular complexity index is 1070. The normalized spacial score (nSPS) is 10.6. The molecule has 0 spiro atoms. The van der Waals surface area contributed by atoms with Gasteiger partial charge in [-0.05, 0) is 42.8 Å². The van der Waals surface area contributed by atoms with Gasteiger partial charge in [-0.25, -0.2) is 4.79 Å². The van der Waals surface area contributed by atoms with Crippen molar-refractivity contribution in [2.75, 3.05) is 11.9 Å². The molecule has 2 N–H and O–H groups in total. The van der Waals surface area contributed by atoms with Crippen molar-refractivity contribution in [3.63, 3.8) is 0 Å². The Morgan fingerprint density at radius 1 is 1.00 bits per heavy atom. The highest BCUT2D eigenvalue weighted by molar-refractivity contribution is 6.04. The van der Waals surface area contributed by atoms with Gasteiger partial charge >= 0.3 is 5.97 Å². The van der Waals surface area contributed by atoms with Gasteiger partial charge in [0.05, 0.1) is 17.5 Å². The monoisotopic (exact) mass is 418 g/mol. The van der Waals surface area contributed by atoms with Crippen LogP contribution in [0.25, 0.3) is 6.08 Å². The summed E-state index contributed by atoms with van der Waals surface area (Å²) >= 11 is 0. The number of nitrogens with one attached hydrogen (secondary N) is 2. The standard InChI is InChI=1S/C24H22N2O5/c1-17-8-10-18(11-9-17)15-25-24(29)20-6-2-3-7-21(20)26-22(27)16-31-23(28)13-12-19-5-4-14-30-19/h2-14H,15-16H2,1H3,(H,25,29)(H,26,27)/b13-12+. The van der Waals surface area contributed by atoms with E-state index in [4.69, 9.17) is 9.15 Å². The molecule has 7 heteroatoms. The highest BCUT2D eigenvalue weighted by atomic mass is 16.5. The molecule has 3 rings (SSSR count). The van der Waals surface area contributed by atoms with Gasteiger partial charge in [-0.15, -0.1) is 0 Å².